The smallest absolute Gasteiger partial charge is 0.352 e. The van der Waals surface area contributed by atoms with E-state index in [4.69, 9.17) is 34.7 Å². The third-order valence-corrected chi connectivity index (χ3v) is 10.5. The Morgan fingerprint density at radius 1 is 1.19 bits per heavy atom. The number of nitrogens with one attached hydrogen (secondary N) is 1. The van der Waals surface area contributed by atoms with E-state index >= 15 is 0 Å². The predicted molar refractivity (Wildman–Crippen MR) is 161 cm³/mol. The van der Waals surface area contributed by atoms with Crippen LogP contribution >= 0.6 is 58.5 Å². The maximum atomic E-state index is 13.0. The van der Waals surface area contributed by atoms with E-state index in [-0.39, 0.29) is 33.1 Å². The molecule has 11 nitrogen and oxygen atoms in total. The van der Waals surface area contributed by atoms with E-state index in [9.17, 15) is 29.4 Å². The van der Waals surface area contributed by atoms with E-state index in [2.05, 4.69) is 5.32 Å². The Kier molecular flexibility index (Phi) is 10.9. The number of carboxylic acids is 2. The van der Waals surface area contributed by atoms with Crippen molar-refractivity contribution >= 4 is 87.9 Å². The highest BCUT2D eigenvalue weighted by atomic mass is 35.5. The molecule has 3 heterocycles. The van der Waals surface area contributed by atoms with Crippen LogP contribution in [0.1, 0.15) is 12.8 Å². The van der Waals surface area contributed by atoms with Crippen LogP contribution in [0, 0.1) is 0 Å². The number of β-lactam (4-membered cyclic amide) rings is 1. The molecule has 1 saturated heterocycles. The molecule has 0 spiro atoms. The van der Waals surface area contributed by atoms with Crippen molar-refractivity contribution in [3.05, 3.63) is 58.0 Å². The van der Waals surface area contributed by atoms with Gasteiger partial charge in [0, 0.05) is 45.9 Å². The number of nitrogens with zero attached hydrogens (tertiary/aromatic N) is 2. The monoisotopic (exact) mass is 671 g/mol. The first kappa shape index (κ1) is 32.3. The minimum atomic E-state index is -1.27. The number of anilines is 1. The first-order chi connectivity index (χ1) is 20.0. The quantitative estimate of drug-likeness (QED) is 0.104. The molecule has 2 aliphatic heterocycles. The molecule has 42 heavy (non-hydrogen) atoms. The lowest BCUT2D eigenvalue weighted by atomic mass is 10.0. The topological polar surface area (TPSA) is 183 Å². The second-order valence-corrected chi connectivity index (χ2v) is 13.4. The molecule has 1 fully saturated rings. The zero-order valence-electron chi connectivity index (χ0n) is 22.0. The number of benzene rings is 1. The highest BCUT2D eigenvalue weighted by Gasteiger charge is 2.54. The number of hydrogen-bond donors (Lipinski definition) is 4. The Morgan fingerprint density at radius 3 is 2.48 bits per heavy atom. The van der Waals surface area contributed by atoms with E-state index < -0.39 is 35.3 Å². The fourth-order valence-electron chi connectivity index (χ4n) is 4.27. The van der Waals surface area contributed by atoms with E-state index in [0.29, 0.717) is 41.4 Å². The van der Waals surface area contributed by atoms with Crippen molar-refractivity contribution in [1.29, 1.82) is 0 Å². The van der Waals surface area contributed by atoms with Gasteiger partial charge in [-0.05, 0) is 24.1 Å². The largest absolute Gasteiger partial charge is 0.548 e. The van der Waals surface area contributed by atoms with Crippen molar-refractivity contribution in [3.63, 3.8) is 0 Å². The number of amides is 2. The number of aromatic nitrogens is 1. The van der Waals surface area contributed by atoms with Gasteiger partial charge in [-0.15, -0.1) is 35.3 Å². The molecule has 2 aliphatic rings. The van der Waals surface area contributed by atoms with Crippen molar-refractivity contribution < 1.29 is 34.0 Å². The lowest BCUT2D eigenvalue weighted by Gasteiger charge is -2.49. The molecule has 224 valence electrons. The van der Waals surface area contributed by atoms with Crippen LogP contribution in [0.3, 0.4) is 0 Å². The number of carbonyl (C=O) groups is 4. The number of aryl methyl sites for hydroxylation is 1. The highest BCUT2D eigenvalue weighted by molar-refractivity contribution is 8.01. The Bertz CT molecular complexity index is 1400. The van der Waals surface area contributed by atoms with E-state index in [1.807, 2.05) is 29.1 Å². The SMILES string of the molecule is Nc1c(Cl)cc(SCC(=O)N[C@@H]2C(=O)N3C(C(=O)O)=C(CSc4cc[n+](CCC[C@H](N)C(=O)[O-])cc4)CS[C@H]23)cc1Cl. The first-order valence-corrected chi connectivity index (χ1v) is 16.4. The number of hydrogen-bond acceptors (Lipinski definition) is 10. The minimum Gasteiger partial charge on any atom is -0.548 e. The molecular formula is C26H27Cl2N5O6S3. The maximum Gasteiger partial charge on any atom is 0.352 e. The molecular weight excluding hydrogens is 645 g/mol. The number of aliphatic carboxylic acids is 2. The van der Waals surface area contributed by atoms with Crippen LogP contribution in [0.4, 0.5) is 5.69 Å². The summed E-state index contributed by atoms with van der Waals surface area (Å²) in [5.74, 6) is -2.53. The summed E-state index contributed by atoms with van der Waals surface area (Å²) in [5.41, 5.74) is 12.0. The molecule has 0 saturated carbocycles. The van der Waals surface area contributed by atoms with Gasteiger partial charge in [0.25, 0.3) is 5.91 Å². The third kappa shape index (κ3) is 7.66. The van der Waals surface area contributed by atoms with Gasteiger partial charge in [0.1, 0.15) is 23.7 Å². The average molecular weight is 673 g/mol. The second-order valence-electron chi connectivity index (χ2n) is 9.43. The van der Waals surface area contributed by atoms with E-state index in [1.54, 1.807) is 12.1 Å². The summed E-state index contributed by atoms with van der Waals surface area (Å²) in [7, 11) is 0. The molecule has 0 bridgehead atoms. The van der Waals surface area contributed by atoms with Gasteiger partial charge in [-0.2, -0.15) is 0 Å². The van der Waals surface area contributed by atoms with Crippen LogP contribution in [0.2, 0.25) is 10.0 Å². The molecule has 0 unspecified atom stereocenters. The van der Waals surface area contributed by atoms with Crippen molar-refractivity contribution in [2.24, 2.45) is 5.73 Å². The second kappa shape index (κ2) is 14.2. The standard InChI is InChI=1S/C26H27Cl2N5O6S3/c27-16-8-15(9-17(28)20(16)30)41-12-19(34)31-21-23(35)33-22(26(38)39)13(11-42-24(21)33)10-40-14-3-6-32(7-4-14)5-1-2-18(29)25(36)37/h3-4,6-9,18,21,24H,1-2,5,10-12,29-30H2,(H2-,31,34,36,37,38,39)/t18-,21+,24+/m0/s1. The normalized spacial score (nSPS) is 18.7. The molecule has 0 aliphatic carbocycles. The number of halogens is 2. The molecule has 2 amide bonds. The van der Waals surface area contributed by atoms with Crippen LogP contribution in [0.5, 0.6) is 0 Å². The molecule has 0 radical (unpaired) electrons. The summed E-state index contributed by atoms with van der Waals surface area (Å²) < 4.78 is 1.90. The number of carbonyl (C=O) groups excluding carboxylic acids is 3. The molecule has 1 aromatic heterocycles. The maximum absolute atomic E-state index is 13.0. The van der Waals surface area contributed by atoms with Crippen LogP contribution in [-0.4, -0.2) is 68.5 Å². The van der Waals surface area contributed by atoms with Crippen LogP contribution in [-0.2, 0) is 25.7 Å². The van der Waals surface area contributed by atoms with E-state index in [1.165, 1.54) is 40.2 Å². The minimum absolute atomic E-state index is 0.00564. The van der Waals surface area contributed by atoms with E-state index in [0.717, 1.165) is 4.90 Å². The highest BCUT2D eigenvalue weighted by Crippen LogP contribution is 2.41. The Labute approximate surface area is 264 Å². The van der Waals surface area contributed by atoms with Gasteiger partial charge < -0.3 is 31.8 Å². The Hall–Kier alpha value is -2.62. The first-order valence-electron chi connectivity index (χ1n) is 12.6. The van der Waals surface area contributed by atoms with Crippen molar-refractivity contribution in [3.8, 4) is 0 Å². The third-order valence-electron chi connectivity index (χ3n) is 6.50. The molecule has 1 aromatic carbocycles. The van der Waals surface area contributed by atoms with Gasteiger partial charge in [-0.1, -0.05) is 23.2 Å². The number of nitrogens with two attached hydrogens (primary N) is 2. The Balaban J connectivity index is 1.31. The summed E-state index contributed by atoms with van der Waals surface area (Å²) in [6.07, 6.45) is 4.59. The molecule has 6 N–H and O–H groups in total. The summed E-state index contributed by atoms with van der Waals surface area (Å²) in [6.45, 7) is 0.593. The van der Waals surface area contributed by atoms with Crippen LogP contribution in [0.25, 0.3) is 0 Å². The Morgan fingerprint density at radius 2 is 1.86 bits per heavy atom. The van der Waals surface area contributed by atoms with Crippen molar-refractivity contribution in [2.45, 2.75) is 46.6 Å². The van der Waals surface area contributed by atoms with Gasteiger partial charge in [0.2, 0.25) is 5.91 Å². The zero-order valence-corrected chi connectivity index (χ0v) is 25.9. The number of carboxylic acid groups (broad SMARTS) is 2. The molecule has 4 rings (SSSR count). The molecule has 16 heteroatoms. The summed E-state index contributed by atoms with van der Waals surface area (Å²) in [5, 5.41) is 23.4. The summed E-state index contributed by atoms with van der Waals surface area (Å²) in [4.78, 5) is 51.2. The number of rotatable bonds is 13. The predicted octanol–water partition coefficient (Wildman–Crippen LogP) is 1.34. The number of thioether (sulfide) groups is 3. The fourth-order valence-corrected chi connectivity index (χ4v) is 8.04. The van der Waals surface area contributed by atoms with Gasteiger partial charge >= 0.3 is 5.97 Å². The van der Waals surface area contributed by atoms with Gasteiger partial charge in [-0.3, -0.25) is 14.5 Å². The van der Waals surface area contributed by atoms with Gasteiger partial charge in [-0.25, -0.2) is 9.36 Å². The summed E-state index contributed by atoms with van der Waals surface area (Å²) in [6, 6.07) is 5.15. The molecule has 3 atom stereocenters. The lowest BCUT2D eigenvalue weighted by Crippen LogP contribution is -2.70. The van der Waals surface area contributed by atoms with Gasteiger partial charge in [0.15, 0.2) is 12.4 Å². The number of pyridine rings is 1. The summed E-state index contributed by atoms with van der Waals surface area (Å²) >= 11 is 16.1. The number of nitrogen functional groups attached to an aromatic ring is 1. The van der Waals surface area contributed by atoms with Crippen molar-refractivity contribution in [1.82, 2.24) is 10.2 Å². The van der Waals surface area contributed by atoms with Crippen LogP contribution in [0.15, 0.2) is 57.7 Å². The van der Waals surface area contributed by atoms with Crippen molar-refractivity contribution in [2.75, 3.05) is 23.0 Å². The number of fused-ring (bicyclic) bond motifs is 1. The average Bonchev–Trinajstić information content (AvgIpc) is 2.96. The lowest BCUT2D eigenvalue weighted by molar-refractivity contribution is -0.697. The van der Waals surface area contributed by atoms with Crippen LogP contribution < -0.4 is 26.5 Å². The molecule has 2 aromatic rings. The fraction of sp³-hybridized carbons (Fsp3) is 0.346. The zero-order chi connectivity index (χ0) is 30.6. The van der Waals surface area contributed by atoms with Gasteiger partial charge in [0.05, 0.1) is 27.5 Å².